The van der Waals surface area contributed by atoms with Crippen LogP contribution in [0.3, 0.4) is 0 Å². The van der Waals surface area contributed by atoms with E-state index in [4.69, 9.17) is 0 Å². The maximum absolute atomic E-state index is 13.2. The molecule has 0 aliphatic heterocycles. The average molecular weight is 474 g/mol. The van der Waals surface area contributed by atoms with E-state index < -0.39 is 0 Å². The number of Topliss-reactive ketones (excluding diaryl/α,β-unsaturated/α-hetero) is 1. The van der Waals surface area contributed by atoms with Crippen LogP contribution < -0.4 is 0 Å². The Morgan fingerprint density at radius 2 is 1.74 bits per heavy atom. The van der Waals surface area contributed by atoms with E-state index >= 15 is 0 Å². The molecule has 3 heterocycles. The van der Waals surface area contributed by atoms with Crippen LogP contribution in [0.1, 0.15) is 47.6 Å². The Balaban J connectivity index is 1.56. The lowest BCUT2D eigenvalue weighted by Crippen LogP contribution is -2.09. The molecule has 0 radical (unpaired) electrons. The number of rotatable bonds is 10. The van der Waals surface area contributed by atoms with Gasteiger partial charge in [-0.25, -0.2) is 0 Å². The molecule has 4 rings (SSSR count). The summed E-state index contributed by atoms with van der Waals surface area (Å²) in [6.07, 6.45) is 4.60. The van der Waals surface area contributed by atoms with Crippen molar-refractivity contribution in [3.8, 4) is 11.4 Å². The number of nitrogens with zero attached hydrogens (tertiary/aromatic N) is 5. The van der Waals surface area contributed by atoms with E-state index in [1.54, 1.807) is 12.4 Å². The molecule has 0 atom stereocenters. The van der Waals surface area contributed by atoms with E-state index in [9.17, 15) is 4.79 Å². The topological polar surface area (TPSA) is 65.6 Å². The summed E-state index contributed by atoms with van der Waals surface area (Å²) in [4.78, 5) is 17.3. The van der Waals surface area contributed by atoms with Crippen LogP contribution in [0.4, 0.5) is 0 Å². The second-order valence-corrected chi connectivity index (χ2v) is 9.89. The highest BCUT2D eigenvalue weighted by Crippen LogP contribution is 2.26. The molecular weight excluding hydrogens is 442 g/mol. The Hall–Kier alpha value is -3.19. The third-order valence-electron chi connectivity index (χ3n) is 5.98. The molecule has 1 aromatic carbocycles. The second-order valence-electron chi connectivity index (χ2n) is 8.94. The first kappa shape index (κ1) is 24.0. The number of carbonyl (C=O) groups excluding carboxylic acids is 1. The fraction of sp³-hybridized carbons (Fsp3) is 0.333. The zero-order chi connectivity index (χ0) is 24.1. The normalized spacial score (nSPS) is 11.3. The molecule has 176 valence electrons. The SMILES string of the molecule is Cc1cc(C(=O)CSc2nnc(-c3ccncc3)n2Cc2ccccc2)c(C)n1CCC(C)C. The Morgan fingerprint density at radius 1 is 1.00 bits per heavy atom. The van der Waals surface area contributed by atoms with Crippen molar-refractivity contribution in [3.05, 3.63) is 83.4 Å². The summed E-state index contributed by atoms with van der Waals surface area (Å²) in [5.74, 6) is 1.83. The van der Waals surface area contributed by atoms with Gasteiger partial charge in [0.25, 0.3) is 0 Å². The fourth-order valence-electron chi connectivity index (χ4n) is 4.04. The molecule has 0 unspecified atom stereocenters. The van der Waals surface area contributed by atoms with Gasteiger partial charge < -0.3 is 4.57 Å². The summed E-state index contributed by atoms with van der Waals surface area (Å²) < 4.78 is 4.34. The van der Waals surface area contributed by atoms with Crippen molar-refractivity contribution >= 4 is 17.5 Å². The highest BCUT2D eigenvalue weighted by atomic mass is 32.2. The molecular formula is C27H31N5OS. The van der Waals surface area contributed by atoms with Crippen LogP contribution in [0.2, 0.25) is 0 Å². The smallest absolute Gasteiger partial charge is 0.192 e. The number of ketones is 1. The highest BCUT2D eigenvalue weighted by molar-refractivity contribution is 7.99. The van der Waals surface area contributed by atoms with E-state index in [0.717, 1.165) is 52.0 Å². The molecule has 0 spiro atoms. The second kappa shape index (κ2) is 10.8. The summed E-state index contributed by atoms with van der Waals surface area (Å²) in [5, 5.41) is 9.64. The quantitative estimate of drug-likeness (QED) is 0.214. The minimum atomic E-state index is 0.119. The Morgan fingerprint density at radius 3 is 2.44 bits per heavy atom. The third kappa shape index (κ3) is 5.47. The van der Waals surface area contributed by atoms with E-state index in [-0.39, 0.29) is 5.78 Å². The molecule has 0 bridgehead atoms. The van der Waals surface area contributed by atoms with Gasteiger partial charge in [0.1, 0.15) is 0 Å². The molecule has 0 amide bonds. The maximum atomic E-state index is 13.2. The van der Waals surface area contributed by atoms with Crippen LogP contribution in [0.15, 0.2) is 66.1 Å². The van der Waals surface area contributed by atoms with E-state index in [0.29, 0.717) is 18.2 Å². The van der Waals surface area contributed by atoms with Crippen LogP contribution in [0.5, 0.6) is 0 Å². The van der Waals surface area contributed by atoms with Gasteiger partial charge in [-0.15, -0.1) is 10.2 Å². The standard InChI is InChI=1S/C27H31N5OS/c1-19(2)12-15-31-20(3)16-24(21(31)4)25(33)18-34-27-30-29-26(23-10-13-28-14-11-23)32(27)17-22-8-6-5-7-9-22/h5-11,13-14,16,19H,12,15,17-18H2,1-4H3. The monoisotopic (exact) mass is 473 g/mol. The van der Waals surface area contributed by atoms with Crippen LogP contribution in [0, 0.1) is 19.8 Å². The van der Waals surface area contributed by atoms with Crippen molar-refractivity contribution in [2.75, 3.05) is 5.75 Å². The molecule has 7 heteroatoms. The zero-order valence-electron chi connectivity index (χ0n) is 20.2. The number of hydrogen-bond donors (Lipinski definition) is 0. The van der Waals surface area contributed by atoms with E-state index in [2.05, 4.69) is 57.2 Å². The van der Waals surface area contributed by atoms with Gasteiger partial charge in [-0.05, 0) is 49.9 Å². The predicted molar refractivity (Wildman–Crippen MR) is 137 cm³/mol. The summed E-state index contributed by atoms with van der Waals surface area (Å²) in [7, 11) is 0. The van der Waals surface area contributed by atoms with Gasteiger partial charge in [-0.3, -0.25) is 14.3 Å². The van der Waals surface area contributed by atoms with Gasteiger partial charge in [-0.1, -0.05) is 55.9 Å². The van der Waals surface area contributed by atoms with Crippen LogP contribution in [0.25, 0.3) is 11.4 Å². The predicted octanol–water partition coefficient (Wildman–Crippen LogP) is 5.83. The van der Waals surface area contributed by atoms with Gasteiger partial charge >= 0.3 is 0 Å². The first-order valence-electron chi connectivity index (χ1n) is 11.6. The molecule has 4 aromatic rings. The van der Waals surface area contributed by atoms with Crippen LogP contribution >= 0.6 is 11.8 Å². The summed E-state index contributed by atoms with van der Waals surface area (Å²) >= 11 is 1.44. The van der Waals surface area contributed by atoms with Crippen molar-refractivity contribution in [2.24, 2.45) is 5.92 Å². The number of carbonyl (C=O) groups is 1. The molecule has 0 aliphatic rings. The number of pyridine rings is 1. The van der Waals surface area contributed by atoms with Crippen LogP contribution in [-0.4, -0.2) is 35.9 Å². The largest absolute Gasteiger partial charge is 0.348 e. The highest BCUT2D eigenvalue weighted by Gasteiger charge is 2.19. The Kier molecular flexibility index (Phi) is 7.63. The molecule has 0 saturated heterocycles. The number of aromatic nitrogens is 5. The lowest BCUT2D eigenvalue weighted by molar-refractivity contribution is 0.102. The molecule has 0 fully saturated rings. The number of aryl methyl sites for hydroxylation is 1. The van der Waals surface area contributed by atoms with Gasteiger partial charge in [0, 0.05) is 41.5 Å². The fourth-order valence-corrected chi connectivity index (χ4v) is 4.86. The molecule has 34 heavy (non-hydrogen) atoms. The van der Waals surface area contributed by atoms with Crippen molar-refractivity contribution in [1.29, 1.82) is 0 Å². The van der Waals surface area contributed by atoms with Crippen molar-refractivity contribution < 1.29 is 4.79 Å². The van der Waals surface area contributed by atoms with E-state index in [1.165, 1.54) is 11.8 Å². The van der Waals surface area contributed by atoms with Crippen molar-refractivity contribution in [2.45, 2.75) is 52.4 Å². The summed E-state index contributed by atoms with van der Waals surface area (Å²) in [6, 6.07) is 16.1. The Labute approximate surface area is 205 Å². The van der Waals surface area contributed by atoms with Gasteiger partial charge in [0.05, 0.1) is 12.3 Å². The van der Waals surface area contributed by atoms with Crippen molar-refractivity contribution in [1.82, 2.24) is 24.3 Å². The summed E-state index contributed by atoms with van der Waals surface area (Å²) in [5.41, 5.74) is 5.09. The molecule has 0 saturated carbocycles. The van der Waals surface area contributed by atoms with Gasteiger partial charge in [0.15, 0.2) is 16.8 Å². The third-order valence-corrected chi connectivity index (χ3v) is 6.94. The lowest BCUT2D eigenvalue weighted by atomic mass is 10.1. The van der Waals surface area contributed by atoms with Crippen molar-refractivity contribution in [3.63, 3.8) is 0 Å². The number of benzene rings is 1. The Bertz CT molecular complexity index is 1250. The molecule has 0 aliphatic carbocycles. The first-order chi connectivity index (χ1) is 16.4. The summed E-state index contributed by atoms with van der Waals surface area (Å²) in [6.45, 7) is 10.1. The number of hydrogen-bond acceptors (Lipinski definition) is 5. The van der Waals surface area contributed by atoms with Crippen LogP contribution in [-0.2, 0) is 13.1 Å². The minimum Gasteiger partial charge on any atom is -0.348 e. The lowest BCUT2D eigenvalue weighted by Gasteiger charge is -2.12. The molecule has 3 aromatic heterocycles. The maximum Gasteiger partial charge on any atom is 0.192 e. The van der Waals surface area contributed by atoms with Gasteiger partial charge in [-0.2, -0.15) is 0 Å². The van der Waals surface area contributed by atoms with E-state index in [1.807, 2.05) is 43.3 Å². The average Bonchev–Trinajstić information content (AvgIpc) is 3.37. The number of thioether (sulfide) groups is 1. The molecule has 6 nitrogen and oxygen atoms in total. The van der Waals surface area contributed by atoms with Gasteiger partial charge in [0.2, 0.25) is 0 Å². The minimum absolute atomic E-state index is 0.119. The zero-order valence-corrected chi connectivity index (χ0v) is 21.0. The molecule has 0 N–H and O–H groups in total. The first-order valence-corrected chi connectivity index (χ1v) is 12.6.